The average Bonchev–Trinajstić information content (AvgIpc) is 2.52. The third-order valence-corrected chi connectivity index (χ3v) is 3.74. The van der Waals surface area contributed by atoms with Crippen LogP contribution in [0.15, 0.2) is 73.2 Å². The maximum atomic E-state index is 3.77. The zero-order valence-electron chi connectivity index (χ0n) is 13.6. The largest absolute Gasteiger partial charge is 0.343 e. The minimum atomic E-state index is 0.436. The van der Waals surface area contributed by atoms with Gasteiger partial charge in [-0.15, -0.1) is 0 Å². The van der Waals surface area contributed by atoms with Crippen LogP contribution in [-0.4, -0.2) is 10.9 Å². The van der Waals surface area contributed by atoms with Crippen LogP contribution in [0.3, 0.4) is 0 Å². The second-order valence-corrected chi connectivity index (χ2v) is 5.37. The maximum Gasteiger partial charge on any atom is 0.0367 e. The van der Waals surface area contributed by atoms with Crippen molar-refractivity contribution in [3.05, 3.63) is 73.2 Å². The molecular formula is C20H29N. The number of hydrogen-bond acceptors (Lipinski definition) is 1. The smallest absolute Gasteiger partial charge is 0.0367 e. The van der Waals surface area contributed by atoms with Crippen LogP contribution in [0.4, 0.5) is 0 Å². The summed E-state index contributed by atoms with van der Waals surface area (Å²) in [6, 6.07) is 0.436. The highest BCUT2D eigenvalue weighted by Crippen LogP contribution is 2.28. The van der Waals surface area contributed by atoms with E-state index in [-0.39, 0.29) is 0 Å². The first kappa shape index (κ1) is 17.3. The van der Waals surface area contributed by atoms with E-state index in [0.29, 0.717) is 6.04 Å². The molecular weight excluding hydrogens is 254 g/mol. The van der Waals surface area contributed by atoms with Gasteiger partial charge in [0.1, 0.15) is 0 Å². The quantitative estimate of drug-likeness (QED) is 0.500. The highest BCUT2D eigenvalue weighted by Gasteiger charge is 2.19. The van der Waals surface area contributed by atoms with E-state index in [1.807, 2.05) is 24.3 Å². The van der Waals surface area contributed by atoms with E-state index in [9.17, 15) is 0 Å². The minimum absolute atomic E-state index is 0.436. The molecule has 0 aromatic carbocycles. The van der Waals surface area contributed by atoms with E-state index in [4.69, 9.17) is 0 Å². The zero-order chi connectivity index (χ0) is 15.5. The molecule has 114 valence electrons. The first-order chi connectivity index (χ1) is 10.2. The lowest BCUT2D eigenvalue weighted by molar-refractivity contribution is 0.322. The van der Waals surface area contributed by atoms with Crippen molar-refractivity contribution < 1.29 is 0 Å². The predicted octanol–water partition coefficient (Wildman–Crippen LogP) is 5.91. The summed E-state index contributed by atoms with van der Waals surface area (Å²) in [5.41, 5.74) is 2.71. The van der Waals surface area contributed by atoms with E-state index < -0.39 is 0 Å². The molecule has 0 N–H and O–H groups in total. The van der Waals surface area contributed by atoms with E-state index in [0.717, 1.165) is 6.42 Å². The SMILES string of the molecule is C=C/C=C\C[C@H](C)N(C1=CCCCC1)C(/C=C\C=C)=C/C. The second-order valence-electron chi connectivity index (χ2n) is 5.37. The molecule has 1 aliphatic rings. The summed E-state index contributed by atoms with van der Waals surface area (Å²) in [6.45, 7) is 11.9. The van der Waals surface area contributed by atoms with Crippen molar-refractivity contribution in [2.24, 2.45) is 0 Å². The van der Waals surface area contributed by atoms with E-state index >= 15 is 0 Å². The van der Waals surface area contributed by atoms with Gasteiger partial charge in [-0.3, -0.25) is 0 Å². The van der Waals surface area contributed by atoms with Gasteiger partial charge in [-0.1, -0.05) is 55.7 Å². The molecule has 0 aromatic rings. The molecule has 0 aliphatic heterocycles. The van der Waals surface area contributed by atoms with Crippen molar-refractivity contribution in [3.8, 4) is 0 Å². The monoisotopic (exact) mass is 283 g/mol. The van der Waals surface area contributed by atoms with Crippen molar-refractivity contribution in [2.75, 3.05) is 0 Å². The summed E-state index contributed by atoms with van der Waals surface area (Å²) in [5, 5.41) is 0. The van der Waals surface area contributed by atoms with Gasteiger partial charge >= 0.3 is 0 Å². The molecule has 1 aliphatic carbocycles. The molecule has 0 fully saturated rings. The summed E-state index contributed by atoms with van der Waals surface area (Å²) < 4.78 is 0. The highest BCUT2D eigenvalue weighted by atomic mass is 15.2. The summed E-state index contributed by atoms with van der Waals surface area (Å²) in [7, 11) is 0. The molecule has 0 radical (unpaired) electrons. The lowest BCUT2D eigenvalue weighted by Gasteiger charge is -2.35. The fourth-order valence-corrected chi connectivity index (χ4v) is 2.70. The normalized spacial score (nSPS) is 17.8. The highest BCUT2D eigenvalue weighted by molar-refractivity contribution is 5.26. The van der Waals surface area contributed by atoms with Crippen LogP contribution in [0, 0.1) is 0 Å². The van der Waals surface area contributed by atoms with Gasteiger partial charge in [-0.05, 0) is 52.0 Å². The third kappa shape index (κ3) is 5.63. The van der Waals surface area contributed by atoms with Crippen molar-refractivity contribution >= 4 is 0 Å². The molecule has 1 atom stereocenters. The van der Waals surface area contributed by atoms with Crippen molar-refractivity contribution in [2.45, 2.75) is 52.0 Å². The summed E-state index contributed by atoms with van der Waals surface area (Å²) >= 11 is 0. The predicted molar refractivity (Wildman–Crippen MR) is 94.9 cm³/mol. The molecule has 0 amide bonds. The number of hydrogen-bond donors (Lipinski definition) is 0. The zero-order valence-corrected chi connectivity index (χ0v) is 13.6. The molecule has 0 spiro atoms. The first-order valence-electron chi connectivity index (χ1n) is 7.95. The number of nitrogens with zero attached hydrogens (tertiary/aromatic N) is 1. The maximum absolute atomic E-state index is 3.77. The Labute approximate surface area is 130 Å². The Morgan fingerprint density at radius 3 is 2.62 bits per heavy atom. The fraction of sp³-hybridized carbons (Fsp3) is 0.400. The van der Waals surface area contributed by atoms with Crippen molar-refractivity contribution in [3.63, 3.8) is 0 Å². The lowest BCUT2D eigenvalue weighted by atomic mass is 10.0. The molecule has 0 saturated heterocycles. The topological polar surface area (TPSA) is 3.24 Å². The summed E-state index contributed by atoms with van der Waals surface area (Å²) in [4.78, 5) is 2.48. The minimum Gasteiger partial charge on any atom is -0.343 e. The molecule has 0 aromatic heterocycles. The molecule has 0 saturated carbocycles. The van der Waals surface area contributed by atoms with Crippen LogP contribution >= 0.6 is 0 Å². The van der Waals surface area contributed by atoms with Crippen LogP contribution in [0.1, 0.15) is 46.0 Å². The Morgan fingerprint density at radius 1 is 1.29 bits per heavy atom. The fourth-order valence-electron chi connectivity index (χ4n) is 2.70. The first-order valence-corrected chi connectivity index (χ1v) is 7.95. The Hall–Kier alpha value is -1.76. The van der Waals surface area contributed by atoms with Crippen molar-refractivity contribution in [1.82, 2.24) is 4.90 Å². The van der Waals surface area contributed by atoms with Gasteiger partial charge in [0, 0.05) is 17.4 Å². The lowest BCUT2D eigenvalue weighted by Crippen LogP contribution is -2.31. The molecule has 0 heterocycles. The Kier molecular flexibility index (Phi) is 8.27. The number of rotatable bonds is 8. The van der Waals surface area contributed by atoms with Crippen LogP contribution < -0.4 is 0 Å². The molecule has 0 unspecified atom stereocenters. The van der Waals surface area contributed by atoms with Gasteiger partial charge < -0.3 is 4.90 Å². The molecule has 1 rings (SSSR count). The Balaban J connectivity index is 3.00. The van der Waals surface area contributed by atoms with Crippen LogP contribution in [0.2, 0.25) is 0 Å². The third-order valence-electron chi connectivity index (χ3n) is 3.74. The van der Waals surface area contributed by atoms with Gasteiger partial charge in [-0.2, -0.15) is 0 Å². The molecule has 0 bridgehead atoms. The van der Waals surface area contributed by atoms with E-state index in [1.165, 1.54) is 37.1 Å². The molecule has 1 heteroatoms. The Bertz CT molecular complexity index is 448. The standard InChI is InChI=1S/C20H29N/c1-5-8-11-14-18(4)21(19(7-3)15-9-6-2)20-16-12-10-13-17-20/h5-9,11,15-16,18H,1-2,10,12-14,17H2,3-4H3/b11-8-,15-9-,19-7+/t18-/m0/s1. The Morgan fingerprint density at radius 2 is 2.05 bits per heavy atom. The van der Waals surface area contributed by atoms with Crippen LogP contribution in [0.25, 0.3) is 0 Å². The van der Waals surface area contributed by atoms with E-state index in [2.05, 4.69) is 56.2 Å². The summed E-state index contributed by atoms with van der Waals surface area (Å²) in [6.07, 6.45) is 22.6. The van der Waals surface area contributed by atoms with Crippen molar-refractivity contribution in [1.29, 1.82) is 0 Å². The van der Waals surface area contributed by atoms with Gasteiger partial charge in [0.15, 0.2) is 0 Å². The second kappa shape index (κ2) is 10.0. The summed E-state index contributed by atoms with van der Waals surface area (Å²) in [5.74, 6) is 0. The molecule has 1 nitrogen and oxygen atoms in total. The average molecular weight is 283 g/mol. The molecule has 21 heavy (non-hydrogen) atoms. The van der Waals surface area contributed by atoms with Crippen LogP contribution in [-0.2, 0) is 0 Å². The van der Waals surface area contributed by atoms with E-state index in [1.54, 1.807) is 0 Å². The van der Waals surface area contributed by atoms with Gasteiger partial charge in [0.2, 0.25) is 0 Å². The number of allylic oxidation sites excluding steroid dienone is 8. The van der Waals surface area contributed by atoms with Gasteiger partial charge in [0.25, 0.3) is 0 Å². The van der Waals surface area contributed by atoms with Crippen LogP contribution in [0.5, 0.6) is 0 Å². The van der Waals surface area contributed by atoms with Gasteiger partial charge in [0.05, 0.1) is 0 Å². The van der Waals surface area contributed by atoms with Gasteiger partial charge in [-0.25, -0.2) is 0 Å².